The van der Waals surface area contributed by atoms with Gasteiger partial charge in [-0.1, -0.05) is 0 Å². The van der Waals surface area contributed by atoms with E-state index in [4.69, 9.17) is 5.11 Å². The van der Waals surface area contributed by atoms with E-state index in [1.54, 1.807) is 0 Å². The van der Waals surface area contributed by atoms with Gasteiger partial charge in [-0.25, -0.2) is 0 Å². The maximum absolute atomic E-state index is 11.1. The van der Waals surface area contributed by atoms with Crippen LogP contribution in [0.15, 0.2) is 0 Å². The second-order valence-electron chi connectivity index (χ2n) is 6.24. The molecule has 18 heavy (non-hydrogen) atoms. The molecule has 3 unspecified atom stereocenters. The molecule has 102 valence electrons. The third kappa shape index (κ3) is 2.28. The molecule has 2 aliphatic heterocycles. The Balaban J connectivity index is 1.64. The molecule has 4 heteroatoms. The number of fused-ring (bicyclic) bond motifs is 1. The molecule has 0 radical (unpaired) electrons. The second-order valence-corrected chi connectivity index (χ2v) is 6.24. The molecule has 0 spiro atoms. The number of carbonyl (C=O) groups is 1. The van der Waals surface area contributed by atoms with Gasteiger partial charge in [0.15, 0.2) is 0 Å². The van der Waals surface area contributed by atoms with Crippen LogP contribution in [0.2, 0.25) is 0 Å². The Morgan fingerprint density at radius 2 is 2.00 bits per heavy atom. The summed E-state index contributed by atoms with van der Waals surface area (Å²) in [6.45, 7) is 5.05. The van der Waals surface area contributed by atoms with Gasteiger partial charge in [0.1, 0.15) is 6.04 Å². The molecule has 2 heterocycles. The van der Waals surface area contributed by atoms with Crippen LogP contribution < -0.4 is 0 Å². The standard InChI is InChI=1S/C14H24N2O2/c1-10(14(17)18)15-8-6-13-11(9-15)3-2-7-16(13)12-4-5-12/h10-13H,2-9H2,1H3,(H,17,18). The highest BCUT2D eigenvalue weighted by molar-refractivity contribution is 5.72. The molecular weight excluding hydrogens is 228 g/mol. The largest absolute Gasteiger partial charge is 0.480 e. The molecule has 3 fully saturated rings. The van der Waals surface area contributed by atoms with Gasteiger partial charge in [0.05, 0.1) is 0 Å². The molecule has 0 bridgehead atoms. The van der Waals surface area contributed by atoms with E-state index < -0.39 is 5.97 Å². The van der Waals surface area contributed by atoms with Crippen LogP contribution in [0.3, 0.4) is 0 Å². The second kappa shape index (κ2) is 4.82. The number of nitrogens with zero attached hydrogens (tertiary/aromatic N) is 2. The fraction of sp³-hybridized carbons (Fsp3) is 0.929. The predicted molar refractivity (Wildman–Crippen MR) is 69.5 cm³/mol. The monoisotopic (exact) mass is 252 g/mol. The van der Waals surface area contributed by atoms with Gasteiger partial charge in [-0.3, -0.25) is 14.6 Å². The lowest BCUT2D eigenvalue weighted by molar-refractivity contribution is -0.144. The van der Waals surface area contributed by atoms with E-state index in [9.17, 15) is 4.79 Å². The van der Waals surface area contributed by atoms with E-state index in [1.165, 1.54) is 38.6 Å². The van der Waals surface area contributed by atoms with Gasteiger partial charge in [0, 0.05) is 25.2 Å². The van der Waals surface area contributed by atoms with Crippen molar-refractivity contribution in [2.45, 2.75) is 57.2 Å². The molecule has 1 aliphatic carbocycles. The highest BCUT2D eigenvalue weighted by Crippen LogP contribution is 2.38. The van der Waals surface area contributed by atoms with Gasteiger partial charge in [-0.15, -0.1) is 0 Å². The third-order valence-corrected chi connectivity index (χ3v) is 5.06. The van der Waals surface area contributed by atoms with Crippen molar-refractivity contribution in [2.75, 3.05) is 19.6 Å². The topological polar surface area (TPSA) is 43.8 Å². The van der Waals surface area contributed by atoms with Crippen LogP contribution in [0.5, 0.6) is 0 Å². The van der Waals surface area contributed by atoms with E-state index in [2.05, 4.69) is 9.80 Å². The summed E-state index contributed by atoms with van der Waals surface area (Å²) in [5.41, 5.74) is 0. The van der Waals surface area contributed by atoms with Crippen LogP contribution >= 0.6 is 0 Å². The lowest BCUT2D eigenvalue weighted by atomic mass is 9.83. The Bertz CT molecular complexity index is 330. The zero-order chi connectivity index (χ0) is 12.7. The highest BCUT2D eigenvalue weighted by atomic mass is 16.4. The van der Waals surface area contributed by atoms with E-state index >= 15 is 0 Å². The van der Waals surface area contributed by atoms with Gasteiger partial charge < -0.3 is 5.11 Å². The Hall–Kier alpha value is -0.610. The molecule has 3 aliphatic rings. The van der Waals surface area contributed by atoms with Crippen molar-refractivity contribution in [1.82, 2.24) is 9.80 Å². The van der Waals surface area contributed by atoms with Crippen LogP contribution in [0.1, 0.15) is 39.0 Å². The van der Waals surface area contributed by atoms with E-state index in [1.807, 2.05) is 6.92 Å². The van der Waals surface area contributed by atoms with Gasteiger partial charge in [-0.2, -0.15) is 0 Å². The van der Waals surface area contributed by atoms with Crippen molar-refractivity contribution in [3.63, 3.8) is 0 Å². The number of likely N-dealkylation sites (tertiary alicyclic amines) is 2. The van der Waals surface area contributed by atoms with Crippen molar-refractivity contribution in [3.8, 4) is 0 Å². The number of hydrogen-bond donors (Lipinski definition) is 1. The van der Waals surface area contributed by atoms with Gasteiger partial charge in [0.2, 0.25) is 0 Å². The number of hydrogen-bond acceptors (Lipinski definition) is 3. The fourth-order valence-electron chi connectivity index (χ4n) is 3.84. The van der Waals surface area contributed by atoms with E-state index in [-0.39, 0.29) is 6.04 Å². The van der Waals surface area contributed by atoms with Crippen LogP contribution in [0, 0.1) is 5.92 Å². The fourth-order valence-corrected chi connectivity index (χ4v) is 3.84. The molecule has 3 atom stereocenters. The number of aliphatic carboxylic acids is 1. The molecule has 0 aromatic carbocycles. The van der Waals surface area contributed by atoms with Crippen LogP contribution in [0.25, 0.3) is 0 Å². The van der Waals surface area contributed by atoms with Gasteiger partial charge >= 0.3 is 5.97 Å². The summed E-state index contributed by atoms with van der Waals surface area (Å²) in [4.78, 5) is 16.0. The quantitative estimate of drug-likeness (QED) is 0.825. The SMILES string of the molecule is CC(C(=O)O)N1CCC2C(CCCN2C2CC2)C1. The summed E-state index contributed by atoms with van der Waals surface area (Å²) in [5, 5.41) is 9.13. The predicted octanol–water partition coefficient (Wildman–Crippen LogP) is 1.41. The molecule has 3 rings (SSSR count). The zero-order valence-electron chi connectivity index (χ0n) is 11.2. The number of rotatable bonds is 3. The Morgan fingerprint density at radius 3 is 2.67 bits per heavy atom. The maximum atomic E-state index is 11.1. The zero-order valence-corrected chi connectivity index (χ0v) is 11.2. The van der Waals surface area contributed by atoms with E-state index in [0.717, 1.165) is 25.2 Å². The number of carboxylic acids is 1. The minimum Gasteiger partial charge on any atom is -0.480 e. The molecule has 0 amide bonds. The lowest BCUT2D eigenvalue weighted by Gasteiger charge is -2.48. The Labute approximate surface area is 109 Å². The van der Waals surface area contributed by atoms with Crippen molar-refractivity contribution >= 4 is 5.97 Å². The van der Waals surface area contributed by atoms with Crippen molar-refractivity contribution in [2.24, 2.45) is 5.92 Å². The minimum atomic E-state index is -0.677. The molecule has 4 nitrogen and oxygen atoms in total. The summed E-state index contributed by atoms with van der Waals surface area (Å²) in [7, 11) is 0. The Kier molecular flexibility index (Phi) is 3.32. The smallest absolute Gasteiger partial charge is 0.320 e. The van der Waals surface area contributed by atoms with Crippen molar-refractivity contribution < 1.29 is 9.90 Å². The Morgan fingerprint density at radius 1 is 1.22 bits per heavy atom. The normalized spacial score (nSPS) is 36.1. The first-order valence-corrected chi connectivity index (χ1v) is 7.39. The summed E-state index contributed by atoms with van der Waals surface area (Å²) in [6.07, 6.45) is 6.53. The molecule has 1 N–H and O–H groups in total. The maximum Gasteiger partial charge on any atom is 0.320 e. The van der Waals surface area contributed by atoms with Crippen LogP contribution in [0.4, 0.5) is 0 Å². The first-order chi connectivity index (χ1) is 8.66. The summed E-state index contributed by atoms with van der Waals surface area (Å²) >= 11 is 0. The van der Waals surface area contributed by atoms with E-state index in [0.29, 0.717) is 5.92 Å². The first kappa shape index (κ1) is 12.4. The van der Waals surface area contributed by atoms with Crippen LogP contribution in [-0.2, 0) is 4.79 Å². The average molecular weight is 252 g/mol. The summed E-state index contributed by atoms with van der Waals surface area (Å²) in [5.74, 6) is 0.0261. The number of carboxylic acid groups (broad SMARTS) is 1. The molecule has 0 aromatic heterocycles. The summed E-state index contributed by atoms with van der Waals surface area (Å²) in [6, 6.07) is 1.28. The van der Waals surface area contributed by atoms with Crippen LogP contribution in [-0.4, -0.2) is 58.6 Å². The van der Waals surface area contributed by atoms with Gasteiger partial charge in [-0.05, 0) is 51.5 Å². The lowest BCUT2D eigenvalue weighted by Crippen LogP contribution is -2.57. The molecule has 2 saturated heterocycles. The molecular formula is C14H24N2O2. The third-order valence-electron chi connectivity index (χ3n) is 5.06. The average Bonchev–Trinajstić information content (AvgIpc) is 3.20. The summed E-state index contributed by atoms with van der Waals surface area (Å²) < 4.78 is 0. The molecule has 1 saturated carbocycles. The molecule has 0 aromatic rings. The highest BCUT2D eigenvalue weighted by Gasteiger charge is 2.42. The number of piperidine rings is 2. The van der Waals surface area contributed by atoms with Crippen molar-refractivity contribution in [3.05, 3.63) is 0 Å². The minimum absolute atomic E-state index is 0.317. The van der Waals surface area contributed by atoms with Gasteiger partial charge in [0.25, 0.3) is 0 Å². The first-order valence-electron chi connectivity index (χ1n) is 7.39. The van der Waals surface area contributed by atoms with Crippen molar-refractivity contribution in [1.29, 1.82) is 0 Å².